The summed E-state index contributed by atoms with van der Waals surface area (Å²) in [5, 5.41) is 0.527. The van der Waals surface area contributed by atoms with Crippen molar-refractivity contribution in [2.24, 2.45) is 0 Å². The first-order chi connectivity index (χ1) is 13.9. The molecule has 3 rings (SSSR count). The van der Waals surface area contributed by atoms with Crippen molar-refractivity contribution in [1.29, 1.82) is 0 Å². The molecule has 0 radical (unpaired) electrons. The highest BCUT2D eigenvalue weighted by atomic mass is 32.2. The van der Waals surface area contributed by atoms with E-state index in [4.69, 9.17) is 4.74 Å². The van der Waals surface area contributed by atoms with Crippen LogP contribution in [0.5, 0.6) is 0 Å². The van der Waals surface area contributed by atoms with Crippen molar-refractivity contribution in [3.63, 3.8) is 0 Å². The number of carbonyl (C=O) groups is 2. The fourth-order valence-electron chi connectivity index (χ4n) is 4.06. The number of aromatic nitrogens is 1. The van der Waals surface area contributed by atoms with Gasteiger partial charge in [-0.1, -0.05) is 37.5 Å². The van der Waals surface area contributed by atoms with E-state index in [1.165, 1.54) is 7.11 Å². The number of hydrogen-bond donors (Lipinski definition) is 1. The van der Waals surface area contributed by atoms with E-state index in [1.54, 1.807) is 0 Å². The number of hydrogen-bond acceptors (Lipinski definition) is 5. The summed E-state index contributed by atoms with van der Waals surface area (Å²) in [5.41, 5.74) is 1.70. The Morgan fingerprint density at radius 2 is 2.00 bits per heavy atom. The summed E-state index contributed by atoms with van der Waals surface area (Å²) in [4.78, 5) is 23.0. The van der Waals surface area contributed by atoms with Gasteiger partial charge in [-0.3, -0.25) is 4.79 Å². The highest BCUT2D eigenvalue weighted by Gasteiger charge is 2.29. The number of ether oxygens (including phenoxy) is 1. The molecule has 0 saturated heterocycles. The Morgan fingerprint density at radius 1 is 1.28 bits per heavy atom. The zero-order valence-electron chi connectivity index (χ0n) is 16.7. The molecule has 0 aliphatic heterocycles. The van der Waals surface area contributed by atoms with Crippen LogP contribution < -0.4 is 4.72 Å². The first-order valence-corrected chi connectivity index (χ1v) is 11.6. The molecule has 1 aromatic carbocycles. The SMILES string of the molecule is COC(=O)Cc1cn(CC(CC=O)NS(=O)(=O)C2CCCCC2)c2ccccc12. The highest BCUT2D eigenvalue weighted by molar-refractivity contribution is 7.90. The Morgan fingerprint density at radius 3 is 2.69 bits per heavy atom. The van der Waals surface area contributed by atoms with Crippen LogP contribution in [0.1, 0.15) is 44.1 Å². The molecule has 1 heterocycles. The molecule has 8 heteroatoms. The van der Waals surface area contributed by atoms with Crippen molar-refractivity contribution >= 4 is 33.2 Å². The summed E-state index contributed by atoms with van der Waals surface area (Å²) in [6.07, 6.45) is 7.05. The number of esters is 1. The first-order valence-electron chi connectivity index (χ1n) is 10.0. The molecule has 1 N–H and O–H groups in total. The number of benzene rings is 1. The number of sulfonamides is 1. The van der Waals surface area contributed by atoms with Gasteiger partial charge in [-0.05, 0) is 24.5 Å². The van der Waals surface area contributed by atoms with Crippen LogP contribution in [0, 0.1) is 0 Å². The molecule has 1 saturated carbocycles. The van der Waals surface area contributed by atoms with Crippen molar-refractivity contribution in [2.75, 3.05) is 7.11 Å². The summed E-state index contributed by atoms with van der Waals surface area (Å²) < 4.78 is 35.1. The Balaban J connectivity index is 1.84. The Kier molecular flexibility index (Phi) is 7.08. The number of nitrogens with zero attached hydrogens (tertiary/aromatic N) is 1. The van der Waals surface area contributed by atoms with Gasteiger partial charge in [0.2, 0.25) is 10.0 Å². The number of carbonyl (C=O) groups excluding carboxylic acids is 2. The summed E-state index contributed by atoms with van der Waals surface area (Å²) in [6.45, 7) is 0.312. The fraction of sp³-hybridized carbons (Fsp3) is 0.524. The molecule has 7 nitrogen and oxygen atoms in total. The minimum Gasteiger partial charge on any atom is -0.469 e. The summed E-state index contributed by atoms with van der Waals surface area (Å²) in [7, 11) is -2.14. The third-order valence-corrected chi connectivity index (χ3v) is 7.56. The topological polar surface area (TPSA) is 94.5 Å². The van der Waals surface area contributed by atoms with E-state index in [0.717, 1.165) is 42.0 Å². The van der Waals surface area contributed by atoms with Crippen molar-refractivity contribution in [1.82, 2.24) is 9.29 Å². The quantitative estimate of drug-likeness (QED) is 0.497. The van der Waals surface area contributed by atoms with Crippen molar-refractivity contribution in [2.45, 2.75) is 62.8 Å². The van der Waals surface area contributed by atoms with E-state index < -0.39 is 16.1 Å². The average molecular weight is 421 g/mol. The lowest BCUT2D eigenvalue weighted by atomic mass is 10.0. The first kappa shape index (κ1) is 21.5. The maximum Gasteiger partial charge on any atom is 0.310 e. The van der Waals surface area contributed by atoms with Gasteiger partial charge in [0.05, 0.1) is 18.8 Å². The molecule has 1 atom stereocenters. The zero-order valence-corrected chi connectivity index (χ0v) is 17.5. The Hall–Kier alpha value is -2.19. The van der Waals surface area contributed by atoms with E-state index in [0.29, 0.717) is 19.4 Å². The zero-order chi connectivity index (χ0) is 20.9. The molecule has 0 spiro atoms. The van der Waals surface area contributed by atoms with Gasteiger partial charge >= 0.3 is 5.97 Å². The van der Waals surface area contributed by atoms with Crippen molar-refractivity contribution < 1.29 is 22.7 Å². The monoisotopic (exact) mass is 420 g/mol. The van der Waals surface area contributed by atoms with Crippen LogP contribution in [0.2, 0.25) is 0 Å². The molecule has 1 aromatic heterocycles. The van der Waals surface area contributed by atoms with Crippen molar-refractivity contribution in [3.8, 4) is 0 Å². The van der Waals surface area contributed by atoms with Crippen LogP contribution in [0.4, 0.5) is 0 Å². The lowest BCUT2D eigenvalue weighted by Crippen LogP contribution is -2.43. The van der Waals surface area contributed by atoms with Crippen LogP contribution in [-0.4, -0.2) is 43.6 Å². The molecule has 0 amide bonds. The Bertz CT molecular complexity index is 961. The van der Waals surface area contributed by atoms with Crippen LogP contribution in [0.15, 0.2) is 30.5 Å². The maximum atomic E-state index is 12.8. The van der Waals surface area contributed by atoms with E-state index >= 15 is 0 Å². The molecular formula is C21H28N2O5S. The van der Waals surface area contributed by atoms with Gasteiger partial charge in [-0.25, -0.2) is 13.1 Å². The second-order valence-corrected chi connectivity index (χ2v) is 9.59. The largest absolute Gasteiger partial charge is 0.469 e. The predicted octanol–water partition coefficient (Wildman–Crippen LogP) is 2.57. The number of para-hydroxylation sites is 1. The standard InChI is InChI=1S/C21H28N2O5S/c1-28-21(25)13-16-14-23(20-10-6-5-9-19(16)20)15-17(11-12-24)22-29(26,27)18-7-3-2-4-8-18/h5-6,9-10,12,14,17-18,22H,2-4,7-8,11,13,15H2,1H3. The summed E-state index contributed by atoms with van der Waals surface area (Å²) in [6, 6.07) is 7.08. The van der Waals surface area contributed by atoms with Gasteiger partial charge < -0.3 is 14.1 Å². The lowest BCUT2D eigenvalue weighted by Gasteiger charge is -2.25. The van der Waals surface area contributed by atoms with Crippen LogP contribution >= 0.6 is 0 Å². The number of fused-ring (bicyclic) bond motifs is 1. The molecule has 1 aliphatic rings. The average Bonchev–Trinajstić information content (AvgIpc) is 3.06. The summed E-state index contributed by atoms with van der Waals surface area (Å²) in [5.74, 6) is -0.338. The van der Waals surface area contributed by atoms with Gasteiger partial charge in [-0.15, -0.1) is 0 Å². The number of nitrogens with one attached hydrogen (secondary N) is 1. The lowest BCUT2D eigenvalue weighted by molar-refractivity contribution is -0.139. The minimum absolute atomic E-state index is 0.0881. The third-order valence-electron chi connectivity index (χ3n) is 5.55. The normalized spacial score (nSPS) is 16.6. The van der Waals surface area contributed by atoms with Gasteiger partial charge in [0, 0.05) is 36.1 Å². The highest BCUT2D eigenvalue weighted by Crippen LogP contribution is 2.25. The molecular weight excluding hydrogens is 392 g/mol. The van der Waals surface area contributed by atoms with E-state index in [1.807, 2.05) is 35.0 Å². The summed E-state index contributed by atoms with van der Waals surface area (Å²) >= 11 is 0. The molecule has 158 valence electrons. The molecule has 29 heavy (non-hydrogen) atoms. The van der Waals surface area contributed by atoms with Crippen molar-refractivity contribution in [3.05, 3.63) is 36.0 Å². The van der Waals surface area contributed by atoms with E-state index in [2.05, 4.69) is 4.72 Å². The van der Waals surface area contributed by atoms with Gasteiger partial charge in [0.25, 0.3) is 0 Å². The van der Waals surface area contributed by atoms with Gasteiger partial charge in [0.15, 0.2) is 0 Å². The van der Waals surface area contributed by atoms with Crippen LogP contribution in [-0.2, 0) is 37.3 Å². The molecule has 1 fully saturated rings. The van der Waals surface area contributed by atoms with E-state index in [9.17, 15) is 18.0 Å². The maximum absolute atomic E-state index is 12.8. The van der Waals surface area contributed by atoms with Crippen LogP contribution in [0.25, 0.3) is 10.9 Å². The third kappa shape index (κ3) is 5.25. The molecule has 1 aliphatic carbocycles. The molecule has 2 aromatic rings. The van der Waals surface area contributed by atoms with Gasteiger partial charge in [-0.2, -0.15) is 0 Å². The van der Waals surface area contributed by atoms with Gasteiger partial charge in [0.1, 0.15) is 6.29 Å². The minimum atomic E-state index is -3.49. The number of aldehydes is 1. The Labute approximate surface area is 171 Å². The van der Waals surface area contributed by atoms with E-state index in [-0.39, 0.29) is 24.1 Å². The number of methoxy groups -OCH3 is 1. The molecule has 1 unspecified atom stereocenters. The number of rotatable bonds is 9. The smallest absolute Gasteiger partial charge is 0.310 e. The second kappa shape index (κ2) is 9.54. The predicted molar refractivity (Wildman–Crippen MR) is 111 cm³/mol. The van der Waals surface area contributed by atoms with Crippen LogP contribution in [0.3, 0.4) is 0 Å². The second-order valence-electron chi connectivity index (χ2n) is 7.60. The molecule has 0 bridgehead atoms. The fourth-order valence-corrected chi connectivity index (χ4v) is 5.84.